The van der Waals surface area contributed by atoms with Gasteiger partial charge in [0.05, 0.1) is 0 Å². The summed E-state index contributed by atoms with van der Waals surface area (Å²) in [6.45, 7) is 2.01. The van der Waals surface area contributed by atoms with Crippen molar-refractivity contribution in [3.63, 3.8) is 0 Å². The van der Waals surface area contributed by atoms with Gasteiger partial charge in [-0.2, -0.15) is 0 Å². The first kappa shape index (κ1) is 15.6. The van der Waals surface area contributed by atoms with Crippen molar-refractivity contribution in [3.8, 4) is 16.9 Å². The number of carbonyl (C=O) groups excluding carboxylic acids is 1. The predicted molar refractivity (Wildman–Crippen MR) is 91.5 cm³/mol. The van der Waals surface area contributed by atoms with Gasteiger partial charge in [0.15, 0.2) is 0 Å². The molecule has 1 aliphatic rings. The number of nitrogens with zero attached hydrogens (tertiary/aromatic N) is 1. The lowest BCUT2D eigenvalue weighted by molar-refractivity contribution is 0.0912. The fourth-order valence-corrected chi connectivity index (χ4v) is 3.05. The molecule has 23 heavy (non-hydrogen) atoms. The minimum absolute atomic E-state index is 0.0223. The van der Waals surface area contributed by atoms with Gasteiger partial charge in [0, 0.05) is 18.2 Å². The predicted octanol–water partition coefficient (Wildman–Crippen LogP) is 2.88. The maximum absolute atomic E-state index is 12.5. The molecule has 120 valence electrons. The molecule has 0 aromatic heterocycles. The molecule has 2 aromatic rings. The Morgan fingerprint density at radius 1 is 1.17 bits per heavy atom. The second-order valence-electron chi connectivity index (χ2n) is 6.20. The Morgan fingerprint density at radius 2 is 1.96 bits per heavy atom. The van der Waals surface area contributed by atoms with Crippen molar-refractivity contribution >= 4 is 5.91 Å². The number of phenolic OH excluding ortho intramolecular Hbond substituents is 1. The van der Waals surface area contributed by atoms with E-state index in [0.717, 1.165) is 37.1 Å². The number of benzene rings is 2. The monoisotopic (exact) mass is 310 g/mol. The van der Waals surface area contributed by atoms with Gasteiger partial charge in [-0.3, -0.25) is 4.79 Å². The summed E-state index contributed by atoms with van der Waals surface area (Å²) < 4.78 is 0. The highest BCUT2D eigenvalue weighted by Gasteiger charge is 2.19. The average molecular weight is 310 g/mol. The number of aromatic hydroxyl groups is 1. The normalized spacial score (nSPS) is 18.6. The van der Waals surface area contributed by atoms with E-state index in [1.807, 2.05) is 36.4 Å². The molecule has 4 nitrogen and oxygen atoms in total. The molecule has 1 heterocycles. The van der Waals surface area contributed by atoms with Crippen LogP contribution < -0.4 is 5.32 Å². The van der Waals surface area contributed by atoms with E-state index in [4.69, 9.17) is 0 Å². The molecular weight excluding hydrogens is 288 g/mol. The maximum atomic E-state index is 12.5. The van der Waals surface area contributed by atoms with Gasteiger partial charge in [-0.25, -0.2) is 0 Å². The van der Waals surface area contributed by atoms with Gasteiger partial charge in [-0.15, -0.1) is 0 Å². The molecule has 0 bridgehead atoms. The van der Waals surface area contributed by atoms with Gasteiger partial charge >= 0.3 is 0 Å². The minimum Gasteiger partial charge on any atom is -0.508 e. The molecule has 1 amide bonds. The first-order valence-electron chi connectivity index (χ1n) is 8.01. The van der Waals surface area contributed by atoms with Crippen LogP contribution in [0.25, 0.3) is 11.1 Å². The number of nitrogens with one attached hydrogen (secondary N) is 1. The van der Waals surface area contributed by atoms with E-state index < -0.39 is 0 Å². The van der Waals surface area contributed by atoms with Crippen LogP contribution in [-0.2, 0) is 0 Å². The number of carbonyl (C=O) groups is 1. The van der Waals surface area contributed by atoms with E-state index in [9.17, 15) is 9.90 Å². The molecule has 0 saturated carbocycles. The fourth-order valence-electron chi connectivity index (χ4n) is 3.05. The van der Waals surface area contributed by atoms with E-state index >= 15 is 0 Å². The topological polar surface area (TPSA) is 52.6 Å². The Morgan fingerprint density at radius 3 is 2.70 bits per heavy atom. The summed E-state index contributed by atoms with van der Waals surface area (Å²) >= 11 is 0. The number of likely N-dealkylation sites (tertiary alicyclic amines) is 1. The largest absolute Gasteiger partial charge is 0.508 e. The SMILES string of the molecule is CN1CCCC(NC(=O)c2cccc(-c3ccc(O)cc3)c2)C1. The number of likely N-dealkylation sites (N-methyl/N-ethyl adjacent to an activating group) is 1. The van der Waals surface area contributed by atoms with Crippen LogP contribution in [0.2, 0.25) is 0 Å². The molecule has 2 N–H and O–H groups in total. The van der Waals surface area contributed by atoms with E-state index in [-0.39, 0.29) is 17.7 Å². The third kappa shape index (κ3) is 3.90. The zero-order valence-electron chi connectivity index (χ0n) is 13.3. The highest BCUT2D eigenvalue weighted by atomic mass is 16.3. The number of piperidine rings is 1. The zero-order valence-corrected chi connectivity index (χ0v) is 13.3. The third-order valence-corrected chi connectivity index (χ3v) is 4.29. The van der Waals surface area contributed by atoms with Crippen molar-refractivity contribution in [1.82, 2.24) is 10.2 Å². The number of phenols is 1. The highest BCUT2D eigenvalue weighted by molar-refractivity contribution is 5.95. The Kier molecular flexibility index (Phi) is 4.63. The summed E-state index contributed by atoms with van der Waals surface area (Å²) in [7, 11) is 2.09. The highest BCUT2D eigenvalue weighted by Crippen LogP contribution is 2.23. The lowest BCUT2D eigenvalue weighted by Gasteiger charge is -2.30. The molecule has 1 unspecified atom stereocenters. The van der Waals surface area contributed by atoms with Crippen molar-refractivity contribution in [2.45, 2.75) is 18.9 Å². The number of hydrogen-bond donors (Lipinski definition) is 2. The van der Waals surface area contributed by atoms with E-state index in [1.54, 1.807) is 12.1 Å². The van der Waals surface area contributed by atoms with Crippen molar-refractivity contribution in [3.05, 3.63) is 54.1 Å². The lowest BCUT2D eigenvalue weighted by Crippen LogP contribution is -2.46. The maximum Gasteiger partial charge on any atom is 0.251 e. The van der Waals surface area contributed by atoms with Crippen molar-refractivity contribution in [1.29, 1.82) is 0 Å². The smallest absolute Gasteiger partial charge is 0.251 e. The summed E-state index contributed by atoms with van der Waals surface area (Å²) in [6, 6.07) is 14.8. The van der Waals surface area contributed by atoms with E-state index in [1.165, 1.54) is 0 Å². The summed E-state index contributed by atoms with van der Waals surface area (Å²) in [5.74, 6) is 0.218. The Balaban J connectivity index is 1.73. The van der Waals surface area contributed by atoms with Gasteiger partial charge in [0.1, 0.15) is 5.75 Å². The lowest BCUT2D eigenvalue weighted by atomic mass is 10.0. The van der Waals surface area contributed by atoms with Crippen molar-refractivity contribution in [2.75, 3.05) is 20.1 Å². The standard InChI is InChI=1S/C19H22N2O2/c1-21-11-3-6-17(13-21)20-19(23)16-5-2-4-15(12-16)14-7-9-18(22)10-8-14/h2,4-5,7-10,12,17,22H,3,6,11,13H2,1H3,(H,20,23). The summed E-state index contributed by atoms with van der Waals surface area (Å²) in [4.78, 5) is 14.7. The second kappa shape index (κ2) is 6.84. The van der Waals surface area contributed by atoms with Gasteiger partial charge in [0.2, 0.25) is 0 Å². The number of hydrogen-bond acceptors (Lipinski definition) is 3. The van der Waals surface area contributed by atoms with E-state index in [2.05, 4.69) is 17.3 Å². The third-order valence-electron chi connectivity index (χ3n) is 4.29. The van der Waals surface area contributed by atoms with Gasteiger partial charge in [-0.1, -0.05) is 24.3 Å². The zero-order chi connectivity index (χ0) is 16.2. The van der Waals surface area contributed by atoms with Gasteiger partial charge in [0.25, 0.3) is 5.91 Å². The molecule has 1 atom stereocenters. The number of amides is 1. The number of rotatable bonds is 3. The molecule has 0 spiro atoms. The molecule has 1 aliphatic heterocycles. The van der Waals surface area contributed by atoms with Gasteiger partial charge in [-0.05, 0) is 61.8 Å². The van der Waals surface area contributed by atoms with E-state index in [0.29, 0.717) is 5.56 Å². The Bertz CT molecular complexity index is 682. The van der Waals surface area contributed by atoms with Crippen molar-refractivity contribution < 1.29 is 9.90 Å². The van der Waals surface area contributed by atoms with Crippen LogP contribution in [0.15, 0.2) is 48.5 Å². The molecule has 0 aliphatic carbocycles. The van der Waals surface area contributed by atoms with Crippen LogP contribution >= 0.6 is 0 Å². The van der Waals surface area contributed by atoms with Crippen molar-refractivity contribution in [2.24, 2.45) is 0 Å². The van der Waals surface area contributed by atoms with Crippen LogP contribution in [0.4, 0.5) is 0 Å². The van der Waals surface area contributed by atoms with Crippen LogP contribution in [-0.4, -0.2) is 42.1 Å². The first-order chi connectivity index (χ1) is 11.1. The van der Waals surface area contributed by atoms with Gasteiger partial charge < -0.3 is 15.3 Å². The average Bonchev–Trinajstić information content (AvgIpc) is 2.56. The Labute approximate surface area is 136 Å². The first-order valence-corrected chi connectivity index (χ1v) is 8.01. The summed E-state index contributed by atoms with van der Waals surface area (Å²) in [5.41, 5.74) is 2.62. The summed E-state index contributed by atoms with van der Waals surface area (Å²) in [6.07, 6.45) is 2.16. The molecule has 2 aromatic carbocycles. The molecule has 3 rings (SSSR count). The summed E-state index contributed by atoms with van der Waals surface area (Å²) in [5, 5.41) is 12.5. The minimum atomic E-state index is -0.0223. The quantitative estimate of drug-likeness (QED) is 0.916. The van der Waals surface area contributed by atoms with Crippen LogP contribution in [0.3, 0.4) is 0 Å². The fraction of sp³-hybridized carbons (Fsp3) is 0.316. The molecule has 1 fully saturated rings. The molecule has 0 radical (unpaired) electrons. The second-order valence-corrected chi connectivity index (χ2v) is 6.20. The molecular formula is C19H22N2O2. The Hall–Kier alpha value is -2.33. The molecule has 4 heteroatoms. The van der Waals surface area contributed by atoms with Crippen LogP contribution in [0.5, 0.6) is 5.75 Å². The molecule has 1 saturated heterocycles. The van der Waals surface area contributed by atoms with Crippen LogP contribution in [0, 0.1) is 0 Å². The van der Waals surface area contributed by atoms with Crippen LogP contribution in [0.1, 0.15) is 23.2 Å².